The third-order valence-corrected chi connectivity index (χ3v) is 2.10. The van der Waals surface area contributed by atoms with Crippen LogP contribution in [0.3, 0.4) is 0 Å². The van der Waals surface area contributed by atoms with Crippen LogP contribution < -0.4 is 0 Å². The Balaban J connectivity index is 2.39. The van der Waals surface area contributed by atoms with E-state index in [0.717, 1.165) is 6.54 Å². The summed E-state index contributed by atoms with van der Waals surface area (Å²) in [6.45, 7) is 3.85. The molecule has 0 atom stereocenters. The minimum atomic E-state index is -1.22. The van der Waals surface area contributed by atoms with Crippen LogP contribution in [0.25, 0.3) is 0 Å². The topological polar surface area (TPSA) is 40.5 Å². The number of carbonyl (C=O) groups is 1. The Morgan fingerprint density at radius 2 is 2.08 bits per heavy atom. The number of nitrogens with zero attached hydrogens (tertiary/aromatic N) is 1. The van der Waals surface area contributed by atoms with Crippen LogP contribution in [0.5, 0.6) is 0 Å². The van der Waals surface area contributed by atoms with Crippen molar-refractivity contribution >= 4 is 5.91 Å². The molecule has 1 amide bonds. The van der Waals surface area contributed by atoms with E-state index in [1.54, 1.807) is 11.9 Å². The fourth-order valence-corrected chi connectivity index (χ4v) is 1.24. The maximum atomic E-state index is 11.4. The fraction of sp³-hybridized carbons (Fsp3) is 0.889. The van der Waals surface area contributed by atoms with E-state index in [9.17, 15) is 9.90 Å². The smallest absolute Gasteiger partial charge is 0.253 e. The number of likely N-dealkylation sites (N-methyl/N-ethyl adjacent to an activating group) is 1. The van der Waals surface area contributed by atoms with Gasteiger partial charge in [0.15, 0.2) is 0 Å². The van der Waals surface area contributed by atoms with Gasteiger partial charge in [-0.1, -0.05) is 0 Å². The minimum Gasteiger partial charge on any atom is -0.381 e. The molecule has 3 nitrogen and oxygen atoms in total. The van der Waals surface area contributed by atoms with Gasteiger partial charge < -0.3 is 10.0 Å². The number of amides is 1. The van der Waals surface area contributed by atoms with E-state index in [2.05, 4.69) is 0 Å². The molecule has 1 saturated carbocycles. The molecular formula is C9H17NO2. The quantitative estimate of drug-likeness (QED) is 0.676. The highest BCUT2D eigenvalue weighted by Crippen LogP contribution is 2.29. The predicted octanol–water partition coefficient (Wildman–Crippen LogP) is 0.626. The highest BCUT2D eigenvalue weighted by Gasteiger charge is 2.31. The first-order valence-electron chi connectivity index (χ1n) is 4.39. The SMILES string of the molecule is CN(CC1CC1)C(=O)C(C)(C)O. The van der Waals surface area contributed by atoms with E-state index in [0.29, 0.717) is 5.92 Å². The van der Waals surface area contributed by atoms with Crippen LogP contribution in [0.15, 0.2) is 0 Å². The summed E-state index contributed by atoms with van der Waals surface area (Å²) in [7, 11) is 1.75. The van der Waals surface area contributed by atoms with Crippen LogP contribution in [0.4, 0.5) is 0 Å². The number of carbonyl (C=O) groups excluding carboxylic acids is 1. The van der Waals surface area contributed by atoms with Crippen LogP contribution in [-0.4, -0.2) is 35.1 Å². The number of rotatable bonds is 3. The molecule has 0 spiro atoms. The summed E-state index contributed by atoms with van der Waals surface area (Å²) in [5, 5.41) is 9.40. The molecule has 0 aromatic heterocycles. The Kier molecular flexibility index (Phi) is 2.42. The van der Waals surface area contributed by atoms with E-state index in [1.807, 2.05) is 0 Å². The lowest BCUT2D eigenvalue weighted by molar-refractivity contribution is -0.146. The molecule has 0 unspecified atom stereocenters. The summed E-state index contributed by atoms with van der Waals surface area (Å²) in [5.74, 6) is 0.496. The monoisotopic (exact) mass is 171 g/mol. The molecule has 1 N–H and O–H groups in total. The van der Waals surface area contributed by atoms with Crippen LogP contribution in [-0.2, 0) is 4.79 Å². The lowest BCUT2D eigenvalue weighted by Crippen LogP contribution is -2.43. The highest BCUT2D eigenvalue weighted by molar-refractivity contribution is 5.83. The lowest BCUT2D eigenvalue weighted by Gasteiger charge is -2.24. The van der Waals surface area contributed by atoms with Crippen molar-refractivity contribution in [3.8, 4) is 0 Å². The summed E-state index contributed by atoms with van der Waals surface area (Å²) in [4.78, 5) is 13.0. The summed E-state index contributed by atoms with van der Waals surface area (Å²) in [6, 6.07) is 0. The van der Waals surface area contributed by atoms with Crippen LogP contribution in [0.2, 0.25) is 0 Å². The number of aliphatic hydroxyl groups is 1. The second kappa shape index (κ2) is 3.05. The van der Waals surface area contributed by atoms with Crippen LogP contribution in [0.1, 0.15) is 26.7 Å². The normalized spacial score (nSPS) is 17.7. The molecule has 0 heterocycles. The van der Waals surface area contributed by atoms with Gasteiger partial charge in [-0.25, -0.2) is 0 Å². The zero-order valence-electron chi connectivity index (χ0n) is 8.00. The van der Waals surface area contributed by atoms with Gasteiger partial charge in [0.2, 0.25) is 0 Å². The van der Waals surface area contributed by atoms with E-state index < -0.39 is 5.60 Å². The van der Waals surface area contributed by atoms with Gasteiger partial charge in [0.25, 0.3) is 5.91 Å². The predicted molar refractivity (Wildman–Crippen MR) is 46.7 cm³/mol. The standard InChI is InChI=1S/C9H17NO2/c1-9(2,12)8(11)10(3)6-7-4-5-7/h7,12H,4-6H2,1-3H3. The first-order chi connectivity index (χ1) is 5.41. The van der Waals surface area contributed by atoms with E-state index in [1.165, 1.54) is 26.7 Å². The van der Waals surface area contributed by atoms with Gasteiger partial charge in [-0.15, -0.1) is 0 Å². The maximum Gasteiger partial charge on any atom is 0.253 e. The molecule has 0 aliphatic heterocycles. The minimum absolute atomic E-state index is 0.186. The summed E-state index contributed by atoms with van der Waals surface area (Å²) in [6.07, 6.45) is 2.45. The van der Waals surface area contributed by atoms with Gasteiger partial charge in [0.1, 0.15) is 5.60 Å². The molecule has 0 aromatic carbocycles. The molecule has 0 radical (unpaired) electrons. The molecule has 0 aromatic rings. The Morgan fingerprint density at radius 3 is 2.42 bits per heavy atom. The summed E-state index contributed by atoms with van der Waals surface area (Å²) >= 11 is 0. The van der Waals surface area contributed by atoms with E-state index in [-0.39, 0.29) is 5.91 Å². The van der Waals surface area contributed by atoms with Gasteiger partial charge in [-0.2, -0.15) is 0 Å². The van der Waals surface area contributed by atoms with Gasteiger partial charge in [-0.05, 0) is 32.6 Å². The van der Waals surface area contributed by atoms with Crippen LogP contribution >= 0.6 is 0 Å². The van der Waals surface area contributed by atoms with Gasteiger partial charge in [0.05, 0.1) is 0 Å². The molecule has 1 fully saturated rings. The summed E-state index contributed by atoms with van der Waals surface area (Å²) in [5.41, 5.74) is -1.22. The molecule has 0 saturated heterocycles. The first kappa shape index (κ1) is 9.52. The van der Waals surface area contributed by atoms with Crippen molar-refractivity contribution in [1.82, 2.24) is 4.90 Å². The third-order valence-electron chi connectivity index (χ3n) is 2.10. The van der Waals surface area contributed by atoms with Gasteiger partial charge in [0, 0.05) is 13.6 Å². The van der Waals surface area contributed by atoms with Crippen molar-refractivity contribution in [3.63, 3.8) is 0 Å². The van der Waals surface area contributed by atoms with Crippen molar-refractivity contribution in [2.24, 2.45) is 5.92 Å². The zero-order valence-corrected chi connectivity index (χ0v) is 8.00. The van der Waals surface area contributed by atoms with E-state index >= 15 is 0 Å². The second-order valence-electron chi connectivity index (χ2n) is 4.19. The zero-order chi connectivity index (χ0) is 9.35. The molecular weight excluding hydrogens is 154 g/mol. The van der Waals surface area contributed by atoms with Gasteiger partial charge >= 0.3 is 0 Å². The molecule has 1 aliphatic rings. The Hall–Kier alpha value is -0.570. The second-order valence-corrected chi connectivity index (χ2v) is 4.19. The Bertz CT molecular complexity index is 179. The molecule has 12 heavy (non-hydrogen) atoms. The van der Waals surface area contributed by atoms with Crippen molar-refractivity contribution in [3.05, 3.63) is 0 Å². The Labute approximate surface area is 73.4 Å². The molecule has 70 valence electrons. The first-order valence-corrected chi connectivity index (χ1v) is 4.39. The average Bonchev–Trinajstić information content (AvgIpc) is 2.68. The molecule has 1 rings (SSSR count). The third kappa shape index (κ3) is 2.48. The fourth-order valence-electron chi connectivity index (χ4n) is 1.24. The van der Waals surface area contributed by atoms with Crippen LogP contribution in [0, 0.1) is 5.92 Å². The van der Waals surface area contributed by atoms with Crippen molar-refractivity contribution < 1.29 is 9.90 Å². The van der Waals surface area contributed by atoms with Crippen molar-refractivity contribution in [1.29, 1.82) is 0 Å². The number of hydrogen-bond acceptors (Lipinski definition) is 2. The maximum absolute atomic E-state index is 11.4. The molecule has 0 bridgehead atoms. The van der Waals surface area contributed by atoms with Crippen molar-refractivity contribution in [2.45, 2.75) is 32.3 Å². The van der Waals surface area contributed by atoms with Gasteiger partial charge in [-0.3, -0.25) is 4.79 Å². The largest absolute Gasteiger partial charge is 0.381 e. The molecule has 1 aliphatic carbocycles. The summed E-state index contributed by atoms with van der Waals surface area (Å²) < 4.78 is 0. The molecule has 3 heteroatoms. The Morgan fingerprint density at radius 1 is 1.58 bits per heavy atom. The highest BCUT2D eigenvalue weighted by atomic mass is 16.3. The average molecular weight is 171 g/mol. The lowest BCUT2D eigenvalue weighted by atomic mass is 10.1. The van der Waals surface area contributed by atoms with Crippen molar-refractivity contribution in [2.75, 3.05) is 13.6 Å². The number of hydrogen-bond donors (Lipinski definition) is 1. The van der Waals surface area contributed by atoms with E-state index in [4.69, 9.17) is 0 Å².